The average Bonchev–Trinajstić information content (AvgIpc) is 3.09. The first kappa shape index (κ1) is 15.3. The summed E-state index contributed by atoms with van der Waals surface area (Å²) in [6.45, 7) is 1.41. The molecular weight excluding hydrogens is 260 g/mol. The van der Waals surface area contributed by atoms with Crippen molar-refractivity contribution in [1.29, 1.82) is 0 Å². The molecule has 1 saturated heterocycles. The molecule has 0 aromatic rings. The summed E-state index contributed by atoms with van der Waals surface area (Å²) in [4.78, 5) is 24.9. The van der Waals surface area contributed by atoms with E-state index in [-0.39, 0.29) is 5.91 Å². The molecule has 6 nitrogen and oxygen atoms in total. The highest BCUT2D eigenvalue weighted by Gasteiger charge is 2.34. The Morgan fingerprint density at radius 1 is 1.20 bits per heavy atom. The van der Waals surface area contributed by atoms with Gasteiger partial charge in [-0.05, 0) is 32.7 Å². The maximum absolute atomic E-state index is 11.9. The third kappa shape index (κ3) is 3.93. The van der Waals surface area contributed by atoms with Gasteiger partial charge < -0.3 is 20.1 Å². The highest BCUT2D eigenvalue weighted by Crippen LogP contribution is 2.22. The maximum atomic E-state index is 11.9. The van der Waals surface area contributed by atoms with Crippen LogP contribution in [0.25, 0.3) is 0 Å². The zero-order valence-electron chi connectivity index (χ0n) is 12.0. The Labute approximate surface area is 119 Å². The zero-order chi connectivity index (χ0) is 14.5. The lowest BCUT2D eigenvalue weighted by molar-refractivity contribution is -0.151. The smallest absolute Gasteiger partial charge is 0.332 e. The number of likely N-dealkylation sites (N-methyl/N-ethyl adjacent to an activating group) is 1. The molecule has 20 heavy (non-hydrogen) atoms. The van der Waals surface area contributed by atoms with Crippen molar-refractivity contribution >= 4 is 11.9 Å². The van der Waals surface area contributed by atoms with Gasteiger partial charge in [0.15, 0.2) is 6.10 Å². The zero-order valence-corrected chi connectivity index (χ0v) is 12.0. The first-order valence-electron chi connectivity index (χ1n) is 7.44. The van der Waals surface area contributed by atoms with Crippen LogP contribution >= 0.6 is 0 Å². The summed E-state index contributed by atoms with van der Waals surface area (Å²) in [6, 6.07) is 0.644. The van der Waals surface area contributed by atoms with Crippen LogP contribution in [0.4, 0.5) is 0 Å². The van der Waals surface area contributed by atoms with Crippen LogP contribution in [0.2, 0.25) is 0 Å². The number of carbonyl (C=O) groups is 2. The number of carbonyl (C=O) groups excluding carboxylic acids is 1. The Hall–Kier alpha value is -1.14. The number of carboxylic acids is 1. The van der Waals surface area contributed by atoms with Crippen LogP contribution in [-0.2, 0) is 14.3 Å². The summed E-state index contributed by atoms with van der Waals surface area (Å²) in [6.07, 6.45) is 4.56. The van der Waals surface area contributed by atoms with E-state index < -0.39 is 18.2 Å². The topological polar surface area (TPSA) is 78.9 Å². The Morgan fingerprint density at radius 2 is 1.85 bits per heavy atom. The number of ether oxygens (including phenoxy) is 1. The van der Waals surface area contributed by atoms with Crippen molar-refractivity contribution in [2.24, 2.45) is 0 Å². The molecule has 1 amide bonds. The van der Waals surface area contributed by atoms with Gasteiger partial charge in [-0.3, -0.25) is 4.79 Å². The van der Waals surface area contributed by atoms with Crippen LogP contribution in [0.5, 0.6) is 0 Å². The van der Waals surface area contributed by atoms with Gasteiger partial charge in [-0.2, -0.15) is 0 Å². The van der Waals surface area contributed by atoms with Crippen LogP contribution in [0.3, 0.4) is 0 Å². The number of carboxylic acid groups (broad SMARTS) is 1. The van der Waals surface area contributed by atoms with Gasteiger partial charge in [0.25, 0.3) is 0 Å². The quantitative estimate of drug-likeness (QED) is 0.747. The summed E-state index contributed by atoms with van der Waals surface area (Å²) >= 11 is 0. The molecule has 2 atom stereocenters. The van der Waals surface area contributed by atoms with Crippen molar-refractivity contribution < 1.29 is 19.4 Å². The standard InChI is InChI=1S/C14H24N2O4/c1-16(10-4-2-3-5-10)9-8-15-13(17)11-6-7-12(20-11)14(18)19/h10-12H,2-9H2,1H3,(H,15,17)(H,18,19). The van der Waals surface area contributed by atoms with Gasteiger partial charge in [-0.1, -0.05) is 12.8 Å². The molecule has 2 N–H and O–H groups in total. The highest BCUT2D eigenvalue weighted by atomic mass is 16.5. The van der Waals surface area contributed by atoms with Gasteiger partial charge in [0.05, 0.1) is 0 Å². The first-order valence-corrected chi connectivity index (χ1v) is 7.44. The number of amides is 1. The van der Waals surface area contributed by atoms with Gasteiger partial charge in [0.2, 0.25) is 5.91 Å². The molecule has 114 valence electrons. The van der Waals surface area contributed by atoms with Crippen molar-refractivity contribution in [1.82, 2.24) is 10.2 Å². The molecule has 1 aliphatic heterocycles. The fraction of sp³-hybridized carbons (Fsp3) is 0.857. The van der Waals surface area contributed by atoms with Gasteiger partial charge in [-0.15, -0.1) is 0 Å². The Bertz CT molecular complexity index is 355. The summed E-state index contributed by atoms with van der Waals surface area (Å²) in [7, 11) is 2.09. The maximum Gasteiger partial charge on any atom is 0.332 e. The summed E-state index contributed by atoms with van der Waals surface area (Å²) in [5.74, 6) is -1.17. The third-order valence-electron chi connectivity index (χ3n) is 4.30. The fourth-order valence-electron chi connectivity index (χ4n) is 3.01. The molecule has 2 unspecified atom stereocenters. The average molecular weight is 284 g/mol. The predicted molar refractivity (Wildman–Crippen MR) is 73.4 cm³/mol. The monoisotopic (exact) mass is 284 g/mol. The normalized spacial score (nSPS) is 27.1. The SMILES string of the molecule is CN(CCNC(=O)C1CCC(C(=O)O)O1)C1CCCC1. The lowest BCUT2D eigenvalue weighted by Gasteiger charge is -2.24. The lowest BCUT2D eigenvalue weighted by atomic mass is 10.2. The van der Waals surface area contributed by atoms with E-state index in [1.165, 1.54) is 25.7 Å². The van der Waals surface area contributed by atoms with Crippen LogP contribution < -0.4 is 5.32 Å². The second kappa shape index (κ2) is 7.04. The van der Waals surface area contributed by atoms with E-state index in [0.29, 0.717) is 25.4 Å². The van der Waals surface area contributed by atoms with E-state index in [4.69, 9.17) is 9.84 Å². The molecule has 1 heterocycles. The molecule has 0 radical (unpaired) electrons. The van der Waals surface area contributed by atoms with Crippen molar-refractivity contribution in [2.45, 2.75) is 56.8 Å². The molecular formula is C14H24N2O4. The molecule has 0 aromatic heterocycles. The Morgan fingerprint density at radius 3 is 2.45 bits per heavy atom. The second-order valence-electron chi connectivity index (χ2n) is 5.74. The van der Waals surface area contributed by atoms with E-state index in [9.17, 15) is 9.59 Å². The third-order valence-corrected chi connectivity index (χ3v) is 4.30. The molecule has 0 bridgehead atoms. The molecule has 1 aliphatic carbocycles. The Balaban J connectivity index is 1.64. The molecule has 1 saturated carbocycles. The first-order chi connectivity index (χ1) is 9.58. The summed E-state index contributed by atoms with van der Waals surface area (Å²) in [5, 5.41) is 11.7. The van der Waals surface area contributed by atoms with E-state index >= 15 is 0 Å². The van der Waals surface area contributed by atoms with Gasteiger partial charge >= 0.3 is 5.97 Å². The number of aliphatic carboxylic acids is 1. The molecule has 2 fully saturated rings. The van der Waals surface area contributed by atoms with Gasteiger partial charge in [0.1, 0.15) is 6.10 Å². The number of hydrogen-bond acceptors (Lipinski definition) is 4. The molecule has 6 heteroatoms. The van der Waals surface area contributed by atoms with Crippen LogP contribution in [0.15, 0.2) is 0 Å². The Kier molecular flexibility index (Phi) is 5.37. The highest BCUT2D eigenvalue weighted by molar-refractivity contribution is 5.82. The van der Waals surface area contributed by atoms with Crippen molar-refractivity contribution in [2.75, 3.05) is 20.1 Å². The molecule has 2 aliphatic rings. The van der Waals surface area contributed by atoms with E-state index in [2.05, 4.69) is 17.3 Å². The molecule has 0 aromatic carbocycles. The second-order valence-corrected chi connectivity index (χ2v) is 5.74. The summed E-state index contributed by atoms with van der Waals surface area (Å²) in [5.41, 5.74) is 0. The van der Waals surface area contributed by atoms with E-state index in [0.717, 1.165) is 6.54 Å². The predicted octanol–water partition coefficient (Wildman–Crippen LogP) is 0.609. The van der Waals surface area contributed by atoms with Crippen molar-refractivity contribution in [3.05, 3.63) is 0 Å². The fourth-order valence-corrected chi connectivity index (χ4v) is 3.01. The number of hydrogen-bond donors (Lipinski definition) is 2. The summed E-state index contributed by atoms with van der Waals surface area (Å²) < 4.78 is 5.22. The largest absolute Gasteiger partial charge is 0.479 e. The van der Waals surface area contributed by atoms with Crippen LogP contribution in [0.1, 0.15) is 38.5 Å². The minimum atomic E-state index is -0.985. The molecule has 2 rings (SSSR count). The van der Waals surface area contributed by atoms with Crippen molar-refractivity contribution in [3.63, 3.8) is 0 Å². The number of nitrogens with one attached hydrogen (secondary N) is 1. The lowest BCUT2D eigenvalue weighted by Crippen LogP contribution is -2.41. The molecule has 0 spiro atoms. The van der Waals surface area contributed by atoms with Gasteiger partial charge in [0, 0.05) is 19.1 Å². The number of rotatable bonds is 6. The van der Waals surface area contributed by atoms with E-state index in [1.54, 1.807) is 0 Å². The van der Waals surface area contributed by atoms with Crippen LogP contribution in [-0.4, -0.2) is 60.3 Å². The van der Waals surface area contributed by atoms with Crippen LogP contribution in [0, 0.1) is 0 Å². The minimum absolute atomic E-state index is 0.187. The van der Waals surface area contributed by atoms with E-state index in [1.807, 2.05) is 0 Å². The number of nitrogens with zero attached hydrogens (tertiary/aromatic N) is 1. The van der Waals surface area contributed by atoms with Crippen molar-refractivity contribution in [3.8, 4) is 0 Å². The van der Waals surface area contributed by atoms with Gasteiger partial charge in [-0.25, -0.2) is 4.79 Å². The minimum Gasteiger partial charge on any atom is -0.479 e.